The van der Waals surface area contributed by atoms with Crippen LogP contribution in [0.2, 0.25) is 0 Å². The van der Waals surface area contributed by atoms with Crippen LogP contribution in [0, 0.1) is 0 Å². The number of benzene rings is 1. The molecule has 0 amide bonds. The van der Waals surface area contributed by atoms with Crippen LogP contribution >= 0.6 is 0 Å². The van der Waals surface area contributed by atoms with Gasteiger partial charge >= 0.3 is 0 Å². The van der Waals surface area contributed by atoms with Gasteiger partial charge in [0, 0.05) is 32.6 Å². The topological polar surface area (TPSA) is 75.6 Å². The molecule has 1 unspecified atom stereocenters. The first-order chi connectivity index (χ1) is 13.7. The predicted molar refractivity (Wildman–Crippen MR) is 99.4 cm³/mol. The van der Waals surface area contributed by atoms with Crippen LogP contribution in [0.5, 0.6) is 0 Å². The van der Waals surface area contributed by atoms with Crippen molar-refractivity contribution >= 4 is 0 Å². The number of hydrogen-bond donors (Lipinski definition) is 1. The minimum atomic E-state index is -0.991. The van der Waals surface area contributed by atoms with Crippen molar-refractivity contribution in [3.05, 3.63) is 35.9 Å². The van der Waals surface area contributed by atoms with Gasteiger partial charge < -0.3 is 33.5 Å². The van der Waals surface area contributed by atoms with Crippen LogP contribution in [-0.4, -0.2) is 62.4 Å². The highest BCUT2D eigenvalue weighted by atomic mass is 16.8. The SMILES string of the molecule is CO[C@@H]1O[C@@H]2COC(c3ccccc3)O[C@H]2[C@H](OC2(OC)CCCCC2)[C@H]1O. The Labute approximate surface area is 165 Å². The number of fused-ring (bicyclic) bond motifs is 1. The molecule has 1 aromatic carbocycles. The van der Waals surface area contributed by atoms with E-state index in [-0.39, 0.29) is 0 Å². The molecule has 2 saturated heterocycles. The molecule has 0 bridgehead atoms. The summed E-state index contributed by atoms with van der Waals surface area (Å²) in [4.78, 5) is 0. The summed E-state index contributed by atoms with van der Waals surface area (Å²) < 4.78 is 35.6. The van der Waals surface area contributed by atoms with E-state index in [1.165, 1.54) is 7.11 Å². The van der Waals surface area contributed by atoms with Crippen LogP contribution in [-0.2, 0) is 28.4 Å². The van der Waals surface area contributed by atoms with Crippen molar-refractivity contribution in [2.24, 2.45) is 0 Å². The molecule has 156 valence electrons. The van der Waals surface area contributed by atoms with Crippen LogP contribution < -0.4 is 0 Å². The maximum absolute atomic E-state index is 10.9. The minimum absolute atomic E-state index is 0.330. The molecule has 28 heavy (non-hydrogen) atoms. The molecule has 6 atom stereocenters. The number of methoxy groups -OCH3 is 2. The highest BCUT2D eigenvalue weighted by Gasteiger charge is 2.53. The van der Waals surface area contributed by atoms with Crippen molar-refractivity contribution < 1.29 is 33.5 Å². The third kappa shape index (κ3) is 3.98. The maximum Gasteiger partial charge on any atom is 0.186 e. The summed E-state index contributed by atoms with van der Waals surface area (Å²) in [7, 11) is 3.18. The standard InChI is InChI=1S/C21H30O7/c1-23-20-16(22)18(28-21(24-2)11-7-4-8-12-21)17-15(26-20)13-25-19(27-17)14-9-5-3-6-10-14/h3,5-6,9-10,15-20,22H,4,7-8,11-13H2,1-2H3/t15-,16-,17-,18-,19?,20-/m1/s1. The fourth-order valence-electron chi connectivity index (χ4n) is 4.38. The van der Waals surface area contributed by atoms with Crippen LogP contribution in [0.15, 0.2) is 30.3 Å². The van der Waals surface area contributed by atoms with Gasteiger partial charge in [-0.05, 0) is 12.8 Å². The fourth-order valence-corrected chi connectivity index (χ4v) is 4.38. The molecule has 1 aliphatic carbocycles. The Bertz CT molecular complexity index is 618. The average molecular weight is 394 g/mol. The molecule has 1 aromatic rings. The first kappa shape index (κ1) is 20.2. The van der Waals surface area contributed by atoms with Gasteiger partial charge in [0.15, 0.2) is 18.4 Å². The molecule has 1 N–H and O–H groups in total. The number of aliphatic hydroxyl groups is 1. The number of ether oxygens (including phenoxy) is 6. The van der Waals surface area contributed by atoms with E-state index in [1.807, 2.05) is 30.3 Å². The van der Waals surface area contributed by atoms with Crippen molar-refractivity contribution in [1.82, 2.24) is 0 Å². The Morgan fingerprint density at radius 1 is 1.04 bits per heavy atom. The van der Waals surface area contributed by atoms with Crippen LogP contribution in [0.3, 0.4) is 0 Å². The molecule has 7 heteroatoms. The van der Waals surface area contributed by atoms with Gasteiger partial charge in [-0.25, -0.2) is 0 Å². The highest BCUT2D eigenvalue weighted by Crippen LogP contribution is 2.40. The lowest BCUT2D eigenvalue weighted by Gasteiger charge is -2.50. The van der Waals surface area contributed by atoms with Crippen molar-refractivity contribution in [2.45, 2.75) is 74.9 Å². The Morgan fingerprint density at radius 3 is 2.46 bits per heavy atom. The second-order valence-electron chi connectivity index (χ2n) is 7.70. The molecule has 3 fully saturated rings. The molecule has 3 aliphatic rings. The summed E-state index contributed by atoms with van der Waals surface area (Å²) in [6.45, 7) is 0.330. The van der Waals surface area contributed by atoms with Crippen molar-refractivity contribution in [2.75, 3.05) is 20.8 Å². The molecule has 0 radical (unpaired) electrons. The number of aliphatic hydroxyl groups excluding tert-OH is 1. The van der Waals surface area contributed by atoms with Crippen LogP contribution in [0.1, 0.15) is 44.0 Å². The fraction of sp³-hybridized carbons (Fsp3) is 0.714. The lowest BCUT2D eigenvalue weighted by molar-refractivity contribution is -0.389. The quantitative estimate of drug-likeness (QED) is 0.769. The van der Waals surface area contributed by atoms with E-state index in [1.54, 1.807) is 7.11 Å². The van der Waals surface area contributed by atoms with Crippen molar-refractivity contribution in [3.63, 3.8) is 0 Å². The normalized spacial score (nSPS) is 38.0. The highest BCUT2D eigenvalue weighted by molar-refractivity contribution is 5.16. The average Bonchev–Trinajstić information content (AvgIpc) is 2.76. The molecule has 0 aromatic heterocycles. The lowest BCUT2D eigenvalue weighted by atomic mass is 9.92. The summed E-state index contributed by atoms with van der Waals surface area (Å²) in [5.74, 6) is -0.714. The third-order valence-electron chi connectivity index (χ3n) is 5.95. The first-order valence-electron chi connectivity index (χ1n) is 10.1. The maximum atomic E-state index is 10.9. The Kier molecular flexibility index (Phi) is 6.32. The van der Waals surface area contributed by atoms with Crippen LogP contribution in [0.4, 0.5) is 0 Å². The van der Waals surface area contributed by atoms with Gasteiger partial charge in [0.25, 0.3) is 0 Å². The van der Waals surface area contributed by atoms with Gasteiger partial charge in [0.05, 0.1) is 6.61 Å². The minimum Gasteiger partial charge on any atom is -0.385 e. The van der Waals surface area contributed by atoms with Gasteiger partial charge in [0.1, 0.15) is 24.4 Å². The Balaban J connectivity index is 1.57. The van der Waals surface area contributed by atoms with E-state index in [9.17, 15) is 5.11 Å². The van der Waals surface area contributed by atoms with E-state index in [4.69, 9.17) is 28.4 Å². The molecule has 7 nitrogen and oxygen atoms in total. The second kappa shape index (κ2) is 8.75. The predicted octanol–water partition coefficient (Wildman–Crippen LogP) is 2.52. The van der Waals surface area contributed by atoms with E-state index in [0.717, 1.165) is 37.7 Å². The molecule has 2 aliphatic heterocycles. The molecule has 0 spiro atoms. The zero-order valence-electron chi connectivity index (χ0n) is 16.5. The zero-order valence-corrected chi connectivity index (χ0v) is 16.5. The van der Waals surface area contributed by atoms with Crippen molar-refractivity contribution in [1.29, 1.82) is 0 Å². The largest absolute Gasteiger partial charge is 0.385 e. The summed E-state index contributed by atoms with van der Waals surface area (Å²) in [5.41, 5.74) is 0.919. The van der Waals surface area contributed by atoms with Gasteiger partial charge in [-0.15, -0.1) is 0 Å². The van der Waals surface area contributed by atoms with Crippen molar-refractivity contribution in [3.8, 4) is 0 Å². The van der Waals surface area contributed by atoms with Gasteiger partial charge in [-0.2, -0.15) is 0 Å². The molecule has 2 heterocycles. The third-order valence-corrected chi connectivity index (χ3v) is 5.95. The smallest absolute Gasteiger partial charge is 0.186 e. The van der Waals surface area contributed by atoms with Crippen LogP contribution in [0.25, 0.3) is 0 Å². The van der Waals surface area contributed by atoms with Gasteiger partial charge in [0.2, 0.25) is 0 Å². The summed E-state index contributed by atoms with van der Waals surface area (Å²) in [6, 6.07) is 9.74. The number of rotatable bonds is 5. The van der Waals surface area contributed by atoms with E-state index < -0.39 is 42.8 Å². The number of hydrogen-bond acceptors (Lipinski definition) is 7. The monoisotopic (exact) mass is 394 g/mol. The summed E-state index contributed by atoms with van der Waals surface area (Å²) >= 11 is 0. The lowest BCUT2D eigenvalue weighted by Crippen LogP contribution is -2.64. The molecular formula is C21H30O7. The van der Waals surface area contributed by atoms with E-state index in [0.29, 0.717) is 6.61 Å². The Hall–Kier alpha value is -1.06. The van der Waals surface area contributed by atoms with E-state index >= 15 is 0 Å². The molecule has 4 rings (SSSR count). The zero-order chi connectivity index (χ0) is 19.6. The van der Waals surface area contributed by atoms with E-state index in [2.05, 4.69) is 0 Å². The molecular weight excluding hydrogens is 364 g/mol. The first-order valence-corrected chi connectivity index (χ1v) is 10.1. The Morgan fingerprint density at radius 2 is 1.79 bits per heavy atom. The van der Waals surface area contributed by atoms with Gasteiger partial charge in [-0.1, -0.05) is 36.8 Å². The second-order valence-corrected chi connectivity index (χ2v) is 7.70. The summed E-state index contributed by atoms with van der Waals surface area (Å²) in [6.07, 6.45) is 0.964. The summed E-state index contributed by atoms with van der Waals surface area (Å²) in [5, 5.41) is 10.9. The van der Waals surface area contributed by atoms with Gasteiger partial charge in [-0.3, -0.25) is 0 Å². The molecule has 1 saturated carbocycles.